The van der Waals surface area contributed by atoms with E-state index < -0.39 is 37.1 Å². The van der Waals surface area contributed by atoms with Crippen molar-refractivity contribution < 1.29 is 26.4 Å². The molecule has 0 aliphatic carbocycles. The number of hydrogen-bond donors (Lipinski definition) is 3. The fourth-order valence-electron chi connectivity index (χ4n) is 7.78. The van der Waals surface area contributed by atoms with Crippen molar-refractivity contribution in [1.82, 2.24) is 34.8 Å². The molecule has 0 radical (unpaired) electrons. The van der Waals surface area contributed by atoms with Crippen molar-refractivity contribution in [1.29, 1.82) is 0 Å². The maximum Gasteiger partial charge on any atom is 0.332 e. The molecule has 1 aliphatic heterocycles. The molecule has 8 rings (SSSR count). The van der Waals surface area contributed by atoms with Crippen LogP contribution in [-0.4, -0.2) is 83.1 Å². The number of rotatable bonds is 11. The van der Waals surface area contributed by atoms with Crippen LogP contribution in [0.25, 0.3) is 27.5 Å². The number of sulfonamides is 1. The number of hydrogen-bond acceptors (Lipinski definition) is 13. The van der Waals surface area contributed by atoms with E-state index in [9.17, 15) is 36.0 Å². The average Bonchev–Trinajstić information content (AvgIpc) is 3.69. The highest BCUT2D eigenvalue weighted by Gasteiger charge is 2.28. The van der Waals surface area contributed by atoms with E-state index in [4.69, 9.17) is 0 Å². The first-order valence-corrected chi connectivity index (χ1v) is 26.5. The number of carbonyl (C=O) groups is 2. The summed E-state index contributed by atoms with van der Waals surface area (Å²) in [5.41, 5.74) is 7.41. The first kappa shape index (κ1) is 49.3. The molecule has 1 saturated heterocycles. The molecule has 7 aromatic rings. The summed E-state index contributed by atoms with van der Waals surface area (Å²) < 4.78 is 49.8. The van der Waals surface area contributed by atoms with Crippen LogP contribution < -0.4 is 26.2 Å². The summed E-state index contributed by atoms with van der Waals surface area (Å²) in [6.07, 6.45) is 8.67. The van der Waals surface area contributed by atoms with Crippen molar-refractivity contribution in [3.8, 4) is 5.69 Å². The zero-order chi connectivity index (χ0) is 49.3. The number of carbonyl (C=O) groups excluding carboxylic acids is 2. The summed E-state index contributed by atoms with van der Waals surface area (Å²) in [6, 6.07) is 17.7. The molecule has 17 nitrogen and oxygen atoms in total. The zero-order valence-electron chi connectivity index (χ0n) is 39.0. The Balaban J connectivity index is 0.000000201. The molecule has 3 aromatic carbocycles. The van der Waals surface area contributed by atoms with Crippen LogP contribution in [0.2, 0.25) is 0 Å². The molecular formula is C48H53N9O8S3. The minimum absolute atomic E-state index is 0.117. The molecule has 68 heavy (non-hydrogen) atoms. The van der Waals surface area contributed by atoms with Gasteiger partial charge < -0.3 is 0 Å². The SMILES string of the molecule is CC(C)(C)c1cc(-n2ccc(=O)[nH]c2=O)cc2c(Cc3cc(CCS(C)(=O)=O)cs3)ncnc12.CC(C)(C)c1cc(N2CCC(=O)NC2=O)cc2c(Cc3ccc(NS(C)(=O)=O)cc3)ncnc12. The summed E-state index contributed by atoms with van der Waals surface area (Å²) in [5.74, 6) is -0.165. The quantitative estimate of drug-likeness (QED) is 0.129. The van der Waals surface area contributed by atoms with Crippen LogP contribution in [0.3, 0.4) is 0 Å². The Hall–Kier alpha value is -6.64. The fraction of sp³-hybridized carbons (Fsp3) is 0.333. The Morgan fingerprint density at radius 3 is 1.87 bits per heavy atom. The number of imide groups is 1. The predicted molar refractivity (Wildman–Crippen MR) is 266 cm³/mol. The highest BCUT2D eigenvalue weighted by Crippen LogP contribution is 2.36. The van der Waals surface area contributed by atoms with Gasteiger partial charge in [-0.2, -0.15) is 0 Å². The minimum atomic E-state index is -3.35. The van der Waals surface area contributed by atoms with Crippen LogP contribution in [-0.2, 0) is 54.7 Å². The van der Waals surface area contributed by atoms with Gasteiger partial charge in [0.2, 0.25) is 15.9 Å². The number of amides is 3. The second kappa shape index (κ2) is 19.2. The Labute approximate surface area is 398 Å². The number of H-pyrrole nitrogens is 1. The van der Waals surface area contributed by atoms with Crippen molar-refractivity contribution in [3.05, 3.63) is 144 Å². The zero-order valence-corrected chi connectivity index (χ0v) is 41.4. The Morgan fingerprint density at radius 2 is 1.31 bits per heavy atom. The van der Waals surface area contributed by atoms with Crippen molar-refractivity contribution in [2.24, 2.45) is 0 Å². The third-order valence-corrected chi connectivity index (χ3v) is 13.7. The second-order valence-corrected chi connectivity index (χ2v) is 23.9. The van der Waals surface area contributed by atoms with Crippen LogP contribution in [0.15, 0.2) is 94.5 Å². The van der Waals surface area contributed by atoms with E-state index in [1.54, 1.807) is 41.0 Å². The number of aromatic amines is 1. The lowest BCUT2D eigenvalue weighted by Crippen LogP contribution is -2.49. The van der Waals surface area contributed by atoms with Gasteiger partial charge in [0.1, 0.15) is 22.5 Å². The number of nitrogens with zero attached hydrogens (tertiary/aromatic N) is 6. The first-order chi connectivity index (χ1) is 31.8. The number of aryl methyl sites for hydroxylation is 1. The monoisotopic (exact) mass is 979 g/mol. The summed E-state index contributed by atoms with van der Waals surface area (Å²) >= 11 is 1.57. The maximum absolute atomic E-state index is 12.5. The number of fused-ring (bicyclic) bond motifs is 2. The standard InChI is InChI=1S/C24H27N5O4S.C24H26N4O4S2/c1-24(2,3)19-13-17(29-10-9-21(30)27-23(29)31)12-18-20(25-14-26-22(18)19)11-15-5-7-16(8-6-15)28-34(4,32)33;1-24(2,3)19-11-16(28-7-5-21(29)27-23(28)30)10-18-20(25-14-26-22(18)19)12-17-9-15(13-33-17)6-8-34(4,31)32/h5-8,12-14,28H,9-11H2,1-4H3,(H,27,30,31);5,7,9-11,13-14H,6,8,12H2,1-4H3,(H,27,29,30). The molecule has 0 bridgehead atoms. The third kappa shape index (κ3) is 12.1. The van der Waals surface area contributed by atoms with Crippen molar-refractivity contribution in [3.63, 3.8) is 0 Å². The summed E-state index contributed by atoms with van der Waals surface area (Å²) in [6.45, 7) is 12.8. The molecule has 0 unspecified atom stereocenters. The largest absolute Gasteiger partial charge is 0.332 e. The number of sulfone groups is 1. The van der Waals surface area contributed by atoms with Gasteiger partial charge in [-0.25, -0.2) is 46.4 Å². The van der Waals surface area contributed by atoms with Gasteiger partial charge in [-0.05, 0) is 87.3 Å². The van der Waals surface area contributed by atoms with Crippen LogP contribution in [0.4, 0.5) is 16.2 Å². The van der Waals surface area contributed by atoms with Gasteiger partial charge in [-0.1, -0.05) is 53.7 Å². The highest BCUT2D eigenvalue weighted by atomic mass is 32.2. The Bertz CT molecular complexity index is 3430. The van der Waals surface area contributed by atoms with Gasteiger partial charge >= 0.3 is 11.7 Å². The van der Waals surface area contributed by atoms with Crippen LogP contribution in [0.5, 0.6) is 0 Å². The molecule has 20 heteroatoms. The lowest BCUT2D eigenvalue weighted by atomic mass is 9.84. The van der Waals surface area contributed by atoms with Crippen molar-refractivity contribution >= 4 is 76.3 Å². The fourth-order valence-corrected chi connectivity index (χ4v) is 9.87. The van der Waals surface area contributed by atoms with E-state index >= 15 is 0 Å². The van der Waals surface area contributed by atoms with Crippen LogP contribution in [0.1, 0.15) is 86.5 Å². The van der Waals surface area contributed by atoms with Crippen LogP contribution >= 0.6 is 11.3 Å². The highest BCUT2D eigenvalue weighted by molar-refractivity contribution is 7.92. The van der Waals surface area contributed by atoms with E-state index in [0.29, 0.717) is 42.9 Å². The van der Waals surface area contributed by atoms with Gasteiger partial charge in [0.05, 0.1) is 40.1 Å². The number of urea groups is 1. The Morgan fingerprint density at radius 1 is 0.721 bits per heavy atom. The van der Waals surface area contributed by atoms with Gasteiger partial charge in [-0.3, -0.25) is 34.1 Å². The number of thiophene rings is 1. The van der Waals surface area contributed by atoms with Gasteiger partial charge in [0, 0.05) is 71.4 Å². The Kier molecular flexibility index (Phi) is 13.9. The molecule has 1 fully saturated rings. The average molecular weight is 980 g/mol. The lowest BCUT2D eigenvalue weighted by Gasteiger charge is -2.29. The minimum Gasteiger partial charge on any atom is -0.294 e. The van der Waals surface area contributed by atoms with E-state index in [-0.39, 0.29) is 28.9 Å². The molecule has 0 saturated carbocycles. The van der Waals surface area contributed by atoms with E-state index in [1.807, 2.05) is 47.8 Å². The topological polar surface area (TPSA) is 236 Å². The lowest BCUT2D eigenvalue weighted by molar-refractivity contribution is -0.120. The number of benzene rings is 3. The molecule has 0 atom stereocenters. The second-order valence-electron chi connectivity index (χ2n) is 18.9. The molecule has 1 aliphatic rings. The third-order valence-electron chi connectivity index (χ3n) is 11.1. The van der Waals surface area contributed by atoms with Crippen molar-refractivity contribution in [2.45, 2.75) is 78.1 Å². The van der Waals surface area contributed by atoms with Gasteiger partial charge in [0.15, 0.2) is 0 Å². The van der Waals surface area contributed by atoms with Gasteiger partial charge in [0.25, 0.3) is 5.56 Å². The van der Waals surface area contributed by atoms with Gasteiger partial charge in [-0.15, -0.1) is 11.3 Å². The normalized spacial score (nSPS) is 13.6. The molecule has 5 heterocycles. The molecule has 0 spiro atoms. The molecular weight excluding hydrogens is 927 g/mol. The van der Waals surface area contributed by atoms with E-state index in [1.165, 1.54) is 23.1 Å². The number of aromatic nitrogens is 6. The molecule has 4 aromatic heterocycles. The van der Waals surface area contributed by atoms with Crippen molar-refractivity contribution in [2.75, 3.05) is 34.4 Å². The predicted octanol–water partition coefficient (Wildman–Crippen LogP) is 6.34. The van der Waals surface area contributed by atoms with E-state index in [2.05, 4.69) is 76.5 Å². The summed E-state index contributed by atoms with van der Waals surface area (Å²) in [4.78, 5) is 71.3. The van der Waals surface area contributed by atoms with E-state index in [0.717, 1.165) is 66.6 Å². The number of anilines is 2. The smallest absolute Gasteiger partial charge is 0.294 e. The molecule has 3 amide bonds. The summed E-state index contributed by atoms with van der Waals surface area (Å²) in [5, 5.41) is 6.01. The maximum atomic E-state index is 12.5. The van der Waals surface area contributed by atoms with Crippen LogP contribution in [0, 0.1) is 0 Å². The first-order valence-electron chi connectivity index (χ1n) is 21.6. The number of nitrogens with one attached hydrogen (secondary N) is 3. The summed E-state index contributed by atoms with van der Waals surface area (Å²) in [7, 11) is -6.37. The molecule has 356 valence electrons. The molecule has 3 N–H and O–H groups in total.